The Hall–Kier alpha value is -9.18. The zero-order valence-electron chi connectivity index (χ0n) is 49.9. The lowest BCUT2D eigenvalue weighted by molar-refractivity contribution is -0.398. The Morgan fingerprint density at radius 3 is 0.700 bits per heavy atom. The number of rotatable bonds is 0. The van der Waals surface area contributed by atoms with Gasteiger partial charge in [0.25, 0.3) is 34.2 Å². The molecule has 6 aromatic rings. The Morgan fingerprint density at radius 2 is 0.456 bits per heavy atom. The van der Waals surface area contributed by atoms with Crippen LogP contribution in [0.4, 0.5) is 0 Å². The lowest BCUT2D eigenvalue weighted by atomic mass is 10.0. The second-order valence-electron chi connectivity index (χ2n) is 24.8. The van der Waals surface area contributed by atoms with Crippen molar-refractivity contribution in [3.63, 3.8) is 0 Å². The lowest BCUT2D eigenvalue weighted by Gasteiger charge is -2.39. The van der Waals surface area contributed by atoms with E-state index in [0.717, 1.165) is 92.1 Å². The van der Waals surface area contributed by atoms with Crippen molar-refractivity contribution in [1.82, 2.24) is 44.6 Å². The Labute approximate surface area is 517 Å². The van der Waals surface area contributed by atoms with Crippen LogP contribution < -0.4 is 62.6 Å². The number of hydrogen-bond acceptors (Lipinski definition) is 15. The van der Waals surface area contributed by atoms with Crippen molar-refractivity contribution in [3.05, 3.63) is 273 Å². The molecule has 2 saturated heterocycles. The predicted molar refractivity (Wildman–Crippen MR) is 348 cm³/mol. The summed E-state index contributed by atoms with van der Waals surface area (Å²) in [6.07, 6.45) is 11.1. The molecule has 0 saturated carbocycles. The van der Waals surface area contributed by atoms with Crippen LogP contribution >= 0.6 is 0 Å². The number of hydrogen-bond donors (Lipinski definition) is 0. The van der Waals surface area contributed by atoms with Crippen LogP contribution in [-0.4, -0.2) is 177 Å². The number of benzene rings is 6. The first-order chi connectivity index (χ1) is 44.1. The standard InChI is InChI=1S/C72H66N12O6/c85-79-61-37-49-13-1-7-19-55(49)67(79)43-73-25-27-74-29-30-75(28-26-73)46-70-58-22-10-4-16-52(58)40-64(82(70)88)66-42-54-18-6-12-24-60(54)72(84(66)90)48-78-34-32-76(44-68-56-20-8-2-14-50(56)38-62(61)80(68)86)31-33-77(35-36-78)47-71-59-23-11-5-17-53(59)41-65(83(71)89)63-39-51-15-3-9-21-57(51)69(45-74)81(63)87/h1-24,37-42H,25-36,43-48H2. The summed E-state index contributed by atoms with van der Waals surface area (Å²) in [5.74, 6) is 0. The van der Waals surface area contributed by atoms with Gasteiger partial charge in [-0.05, 0) is 67.7 Å². The zero-order chi connectivity index (χ0) is 60.7. The highest BCUT2D eigenvalue weighted by Crippen LogP contribution is 2.30. The first kappa shape index (κ1) is 56.1. The summed E-state index contributed by atoms with van der Waals surface area (Å²) in [6.45, 7) is 7.05. The van der Waals surface area contributed by atoms with Crippen LogP contribution in [0, 0.1) is 30.3 Å². The zero-order valence-corrected chi connectivity index (χ0v) is 49.9. The van der Waals surface area contributed by atoms with E-state index in [1.165, 1.54) is 0 Å². The van der Waals surface area contributed by atoms with Crippen molar-refractivity contribution in [2.24, 2.45) is 0 Å². The second kappa shape index (κ2) is 23.0. The molecule has 2 fully saturated rings. The SMILES string of the molecule is O=[N+]1C2=C3C=c4ccccc4=C(CN4CCN5CCN(CC4)CC4=c6ccccc6=CC(=C6C=c7ccccc7=C(CN7CCN(CCN(CC7)CC1=c1ccccc1=C2)CC1=c2ccccc2=CC(=C2C=c7ccccc7=C(C5)[N+]2=O)N1[O-])N6[O-])[N+]4=O)N3[O-]. The first-order valence-electron chi connectivity index (χ1n) is 31.3. The van der Waals surface area contributed by atoms with Crippen LogP contribution in [0.15, 0.2) is 180 Å². The van der Waals surface area contributed by atoms with Gasteiger partial charge >= 0.3 is 0 Å². The quantitative estimate of drug-likeness (QED) is 0.168. The highest BCUT2D eigenvalue weighted by atomic mass is 16.5. The van der Waals surface area contributed by atoms with Crippen LogP contribution in [0.3, 0.4) is 0 Å². The predicted octanol–water partition coefficient (Wildman–Crippen LogP) is -1.16. The fourth-order valence-electron chi connectivity index (χ4n) is 14.6. The molecular formula is C72H66N12O6. The highest BCUT2D eigenvalue weighted by Gasteiger charge is 2.39. The maximum Gasteiger partial charge on any atom is 0.286 e. The molecule has 450 valence electrons. The molecule has 4 unspecified atom stereocenters. The smallest absolute Gasteiger partial charge is 0.286 e. The Bertz CT molecular complexity index is 4860. The molecule has 0 radical (unpaired) electrons. The summed E-state index contributed by atoms with van der Waals surface area (Å²) in [5.41, 5.74) is 4.39. The molecule has 11 aliphatic rings. The van der Waals surface area contributed by atoms with E-state index < -0.39 is 0 Å². The van der Waals surface area contributed by atoms with E-state index in [9.17, 15) is 0 Å². The van der Waals surface area contributed by atoms with Gasteiger partial charge in [0.1, 0.15) is 17.1 Å². The molecule has 0 aromatic heterocycles. The summed E-state index contributed by atoms with van der Waals surface area (Å²) in [6, 6.07) is 47.2. The summed E-state index contributed by atoms with van der Waals surface area (Å²) in [4.78, 5) is 60.8. The molecule has 18 nitrogen and oxygen atoms in total. The van der Waals surface area contributed by atoms with E-state index in [1.54, 1.807) is 0 Å². The van der Waals surface area contributed by atoms with Crippen LogP contribution in [0.25, 0.3) is 70.6 Å². The van der Waals surface area contributed by atoms with Gasteiger partial charge in [-0.2, -0.15) is 0 Å². The Balaban J connectivity index is 0.947. The van der Waals surface area contributed by atoms with Crippen LogP contribution in [0.1, 0.15) is 0 Å². The molecule has 90 heavy (non-hydrogen) atoms. The summed E-state index contributed by atoms with van der Waals surface area (Å²) < 4.78 is 2.91. The number of fused-ring (bicyclic) bond motifs is 12. The van der Waals surface area contributed by atoms with E-state index in [1.807, 2.05) is 182 Å². The van der Waals surface area contributed by atoms with Crippen molar-refractivity contribution >= 4 is 70.6 Å². The summed E-state index contributed by atoms with van der Waals surface area (Å²) in [7, 11) is 0. The van der Waals surface area contributed by atoms with Crippen molar-refractivity contribution in [2.45, 2.75) is 0 Å². The van der Waals surface area contributed by atoms with E-state index in [2.05, 4.69) is 29.4 Å². The third-order valence-electron chi connectivity index (χ3n) is 19.6. The van der Waals surface area contributed by atoms with E-state index in [0.29, 0.717) is 113 Å². The molecule has 4 atom stereocenters. The molecule has 0 amide bonds. The van der Waals surface area contributed by atoms with Gasteiger partial charge in [-0.25, -0.2) is 0 Å². The molecule has 18 heteroatoms. The van der Waals surface area contributed by atoms with E-state index >= 15 is 30.3 Å². The number of allylic oxidation sites excluding steroid dienone is 6. The molecule has 18 bridgehead atoms. The number of hydroxylamine groups is 6. The molecule has 0 N–H and O–H groups in total. The van der Waals surface area contributed by atoms with Crippen molar-refractivity contribution < 1.29 is 14.3 Å². The van der Waals surface area contributed by atoms with Gasteiger partial charge in [0.2, 0.25) is 0 Å². The molecule has 11 heterocycles. The largest absolute Gasteiger partial charge is 0.754 e. The molecule has 17 rings (SSSR count). The lowest BCUT2D eigenvalue weighted by Crippen LogP contribution is -2.47. The van der Waals surface area contributed by atoms with Gasteiger partial charge in [-0.15, -0.1) is 0 Å². The van der Waals surface area contributed by atoms with Gasteiger partial charge in [0.05, 0.1) is 49.6 Å². The van der Waals surface area contributed by atoms with Crippen LogP contribution in [0.5, 0.6) is 0 Å². The highest BCUT2D eigenvalue weighted by molar-refractivity contribution is 5.71. The summed E-state index contributed by atoms with van der Waals surface area (Å²) in [5, 5.41) is 59.6. The third kappa shape index (κ3) is 9.97. The Kier molecular flexibility index (Phi) is 14.3. The minimum atomic E-state index is 0.209. The normalized spacial score (nSPS) is 25.0. The van der Waals surface area contributed by atoms with Crippen molar-refractivity contribution in [1.29, 1.82) is 0 Å². The fraction of sp³-hybridized carbons (Fsp3) is 0.250. The molecule has 0 spiro atoms. The minimum absolute atomic E-state index is 0.209. The van der Waals surface area contributed by atoms with Crippen LogP contribution in [0.2, 0.25) is 0 Å². The van der Waals surface area contributed by atoms with E-state index in [4.69, 9.17) is 0 Å². The minimum Gasteiger partial charge on any atom is -0.754 e. The van der Waals surface area contributed by atoms with Gasteiger partial charge in [0.15, 0.2) is 0 Å². The maximum absolute atomic E-state index is 15.7. The van der Waals surface area contributed by atoms with E-state index in [-0.39, 0.29) is 73.5 Å². The van der Waals surface area contributed by atoms with Gasteiger partial charge in [0, 0.05) is 164 Å². The molecule has 6 aromatic carbocycles. The first-order valence-corrected chi connectivity index (χ1v) is 31.3. The number of nitroso groups, excluding NO2 is 3. The summed E-state index contributed by atoms with van der Waals surface area (Å²) >= 11 is 0. The monoisotopic (exact) mass is 1190 g/mol. The number of nitrogens with zero attached hydrogens (tertiary/aromatic N) is 12. The fourth-order valence-corrected chi connectivity index (χ4v) is 14.6. The average Bonchev–Trinajstić information content (AvgIpc) is 1.10. The molecule has 11 aliphatic heterocycles. The Morgan fingerprint density at radius 1 is 0.256 bits per heavy atom. The van der Waals surface area contributed by atoms with Gasteiger partial charge in [-0.1, -0.05) is 127 Å². The molecule has 0 aliphatic carbocycles. The van der Waals surface area contributed by atoms with Crippen molar-refractivity contribution in [3.8, 4) is 0 Å². The molecular weight excluding hydrogens is 1130 g/mol. The van der Waals surface area contributed by atoms with Crippen LogP contribution in [-0.2, 0) is 0 Å². The van der Waals surface area contributed by atoms with Crippen molar-refractivity contribution in [2.75, 3.05) is 118 Å². The third-order valence-corrected chi connectivity index (χ3v) is 19.6. The topological polar surface area (TPSA) is 159 Å². The van der Waals surface area contributed by atoms with Gasteiger partial charge in [-0.3, -0.25) is 29.4 Å². The maximum atomic E-state index is 15.7. The van der Waals surface area contributed by atoms with Gasteiger partial charge < -0.3 is 30.8 Å². The second-order valence-corrected chi connectivity index (χ2v) is 24.8. The average molecular weight is 1200 g/mol.